The normalized spacial score (nSPS) is 12.3. The Morgan fingerprint density at radius 1 is 1.13 bits per heavy atom. The van der Waals surface area contributed by atoms with Gasteiger partial charge in [0, 0.05) is 39.9 Å². The van der Waals surface area contributed by atoms with Crippen LogP contribution >= 0.6 is 11.3 Å². The molecule has 0 aliphatic carbocycles. The standard InChI is InChI=1S/C17H17NO4S/c1-10-7-13(11(2)23-10)14(19)4-6-17(20)18-12-3-5-15-16(8-12)22-9-21-15/h3,5,7-8H,4,6,9H2,1-2H3,(H,18,20). The molecule has 1 N–H and O–H groups in total. The number of ether oxygens (including phenoxy) is 2. The molecule has 0 radical (unpaired) electrons. The number of rotatable bonds is 5. The number of fused-ring (bicyclic) bond motifs is 1. The summed E-state index contributed by atoms with van der Waals surface area (Å²) in [6, 6.07) is 7.10. The zero-order valence-corrected chi connectivity index (χ0v) is 13.8. The number of nitrogens with one attached hydrogen (secondary N) is 1. The molecule has 0 fully saturated rings. The van der Waals surface area contributed by atoms with Gasteiger partial charge in [-0.15, -0.1) is 11.3 Å². The van der Waals surface area contributed by atoms with E-state index in [1.807, 2.05) is 19.9 Å². The number of thiophene rings is 1. The lowest BCUT2D eigenvalue weighted by Crippen LogP contribution is -2.13. The Morgan fingerprint density at radius 3 is 2.65 bits per heavy atom. The van der Waals surface area contributed by atoms with E-state index in [0.29, 0.717) is 17.2 Å². The second-order valence-electron chi connectivity index (χ2n) is 5.37. The first-order valence-corrected chi connectivity index (χ1v) is 8.14. The van der Waals surface area contributed by atoms with E-state index in [2.05, 4.69) is 5.32 Å². The molecule has 0 unspecified atom stereocenters. The molecule has 0 saturated carbocycles. The van der Waals surface area contributed by atoms with Crippen molar-refractivity contribution < 1.29 is 19.1 Å². The number of hydrogen-bond donors (Lipinski definition) is 1. The van der Waals surface area contributed by atoms with Crippen LogP contribution in [-0.2, 0) is 4.79 Å². The maximum absolute atomic E-state index is 12.2. The fraction of sp³-hybridized carbons (Fsp3) is 0.294. The van der Waals surface area contributed by atoms with Crippen LogP contribution in [0.5, 0.6) is 11.5 Å². The third-order valence-electron chi connectivity index (χ3n) is 3.58. The predicted octanol–water partition coefficient (Wildman–Crippen LogP) is 3.70. The second-order valence-corrected chi connectivity index (χ2v) is 6.83. The van der Waals surface area contributed by atoms with Crippen molar-refractivity contribution in [3.8, 4) is 11.5 Å². The third-order valence-corrected chi connectivity index (χ3v) is 4.54. The molecule has 0 bridgehead atoms. The zero-order chi connectivity index (χ0) is 16.4. The zero-order valence-electron chi connectivity index (χ0n) is 13.0. The summed E-state index contributed by atoms with van der Waals surface area (Å²) in [6.07, 6.45) is 0.356. The molecule has 2 aromatic rings. The van der Waals surface area contributed by atoms with Gasteiger partial charge in [-0.3, -0.25) is 9.59 Å². The highest BCUT2D eigenvalue weighted by atomic mass is 32.1. The Hall–Kier alpha value is -2.34. The van der Waals surface area contributed by atoms with Gasteiger partial charge in [-0.2, -0.15) is 0 Å². The van der Waals surface area contributed by atoms with Crippen LogP contribution in [0, 0.1) is 13.8 Å². The molecule has 1 aliphatic rings. The van der Waals surface area contributed by atoms with Crippen molar-refractivity contribution in [2.45, 2.75) is 26.7 Å². The fourth-order valence-corrected chi connectivity index (χ4v) is 3.41. The van der Waals surface area contributed by atoms with Gasteiger partial charge in [0.1, 0.15) is 0 Å². The molecule has 0 saturated heterocycles. The highest BCUT2D eigenvalue weighted by Crippen LogP contribution is 2.34. The van der Waals surface area contributed by atoms with E-state index in [9.17, 15) is 9.59 Å². The molecule has 23 heavy (non-hydrogen) atoms. The van der Waals surface area contributed by atoms with E-state index in [1.165, 1.54) is 0 Å². The van der Waals surface area contributed by atoms with Gasteiger partial charge in [-0.1, -0.05) is 0 Å². The summed E-state index contributed by atoms with van der Waals surface area (Å²) >= 11 is 1.60. The number of anilines is 1. The van der Waals surface area contributed by atoms with E-state index in [-0.39, 0.29) is 31.3 Å². The Bertz CT molecular complexity index is 766. The number of Topliss-reactive ketones (excluding diaryl/α,β-unsaturated/α-hetero) is 1. The quantitative estimate of drug-likeness (QED) is 0.849. The molecular formula is C17H17NO4S. The minimum absolute atomic E-state index is 0.00712. The highest BCUT2D eigenvalue weighted by Gasteiger charge is 2.16. The van der Waals surface area contributed by atoms with Crippen LogP contribution in [0.25, 0.3) is 0 Å². The molecule has 120 valence electrons. The van der Waals surface area contributed by atoms with Crippen LogP contribution in [0.1, 0.15) is 33.0 Å². The number of amides is 1. The summed E-state index contributed by atoms with van der Waals surface area (Å²) in [4.78, 5) is 26.3. The van der Waals surface area contributed by atoms with Crippen molar-refractivity contribution in [3.63, 3.8) is 0 Å². The maximum atomic E-state index is 12.2. The average Bonchev–Trinajstić information content (AvgIpc) is 3.10. The number of ketones is 1. The maximum Gasteiger partial charge on any atom is 0.231 e. The van der Waals surface area contributed by atoms with Crippen molar-refractivity contribution in [2.75, 3.05) is 12.1 Å². The number of carbonyl (C=O) groups is 2. The van der Waals surface area contributed by atoms with Crippen molar-refractivity contribution in [1.82, 2.24) is 0 Å². The molecule has 1 amide bonds. The summed E-state index contributed by atoms with van der Waals surface area (Å²) in [7, 11) is 0. The third kappa shape index (κ3) is 3.53. The largest absolute Gasteiger partial charge is 0.454 e. The number of aryl methyl sites for hydroxylation is 2. The first-order chi connectivity index (χ1) is 11.0. The molecule has 5 nitrogen and oxygen atoms in total. The van der Waals surface area contributed by atoms with Crippen LogP contribution in [0.15, 0.2) is 24.3 Å². The van der Waals surface area contributed by atoms with Gasteiger partial charge in [0.05, 0.1) is 0 Å². The van der Waals surface area contributed by atoms with Crippen LogP contribution < -0.4 is 14.8 Å². The number of benzene rings is 1. The topological polar surface area (TPSA) is 64.6 Å². The van der Waals surface area contributed by atoms with E-state index in [0.717, 1.165) is 15.3 Å². The monoisotopic (exact) mass is 331 g/mol. The summed E-state index contributed by atoms with van der Waals surface area (Å²) in [6.45, 7) is 4.10. The minimum Gasteiger partial charge on any atom is -0.454 e. The van der Waals surface area contributed by atoms with Crippen LogP contribution in [0.3, 0.4) is 0 Å². The van der Waals surface area contributed by atoms with E-state index in [4.69, 9.17) is 9.47 Å². The Balaban J connectivity index is 1.55. The number of carbonyl (C=O) groups excluding carboxylic acids is 2. The van der Waals surface area contributed by atoms with Crippen molar-refractivity contribution >= 4 is 28.7 Å². The fourth-order valence-electron chi connectivity index (χ4n) is 2.47. The Labute approximate surface area is 138 Å². The summed E-state index contributed by atoms with van der Waals surface area (Å²) < 4.78 is 10.5. The summed E-state index contributed by atoms with van der Waals surface area (Å²) in [5.74, 6) is 1.10. The van der Waals surface area contributed by atoms with E-state index in [1.54, 1.807) is 29.5 Å². The Kier molecular flexibility index (Phi) is 4.34. The molecule has 0 spiro atoms. The van der Waals surface area contributed by atoms with Gasteiger partial charge in [0.25, 0.3) is 0 Å². The van der Waals surface area contributed by atoms with Crippen molar-refractivity contribution in [3.05, 3.63) is 39.6 Å². The number of hydrogen-bond acceptors (Lipinski definition) is 5. The van der Waals surface area contributed by atoms with Crippen molar-refractivity contribution in [1.29, 1.82) is 0 Å². The van der Waals surface area contributed by atoms with Crippen LogP contribution in [0.2, 0.25) is 0 Å². The van der Waals surface area contributed by atoms with Crippen molar-refractivity contribution in [2.24, 2.45) is 0 Å². The van der Waals surface area contributed by atoms with E-state index >= 15 is 0 Å². The molecule has 1 aromatic heterocycles. The second kappa shape index (κ2) is 6.42. The van der Waals surface area contributed by atoms with Gasteiger partial charge in [-0.05, 0) is 32.0 Å². The van der Waals surface area contributed by atoms with Gasteiger partial charge in [0.15, 0.2) is 17.3 Å². The van der Waals surface area contributed by atoms with Crippen LogP contribution in [0.4, 0.5) is 5.69 Å². The Morgan fingerprint density at radius 2 is 1.91 bits per heavy atom. The molecule has 3 rings (SSSR count). The van der Waals surface area contributed by atoms with Crippen LogP contribution in [-0.4, -0.2) is 18.5 Å². The lowest BCUT2D eigenvalue weighted by Gasteiger charge is -2.06. The van der Waals surface area contributed by atoms with Gasteiger partial charge >= 0.3 is 0 Å². The molecule has 0 atom stereocenters. The average molecular weight is 331 g/mol. The first-order valence-electron chi connectivity index (χ1n) is 7.32. The minimum atomic E-state index is -0.193. The lowest BCUT2D eigenvalue weighted by molar-refractivity contribution is -0.116. The summed E-state index contributed by atoms with van der Waals surface area (Å²) in [5, 5.41) is 2.77. The molecule has 1 aromatic carbocycles. The van der Waals surface area contributed by atoms with E-state index < -0.39 is 0 Å². The van der Waals surface area contributed by atoms with Gasteiger partial charge < -0.3 is 14.8 Å². The predicted molar refractivity (Wildman–Crippen MR) is 88.6 cm³/mol. The molecule has 2 heterocycles. The smallest absolute Gasteiger partial charge is 0.231 e. The molecule has 1 aliphatic heterocycles. The highest BCUT2D eigenvalue weighted by molar-refractivity contribution is 7.12. The first kappa shape index (κ1) is 15.6. The summed E-state index contributed by atoms with van der Waals surface area (Å²) in [5.41, 5.74) is 1.36. The SMILES string of the molecule is Cc1cc(C(=O)CCC(=O)Nc2ccc3c(c2)OCO3)c(C)s1. The van der Waals surface area contributed by atoms with Gasteiger partial charge in [0.2, 0.25) is 12.7 Å². The molecule has 6 heteroatoms. The van der Waals surface area contributed by atoms with Gasteiger partial charge in [-0.25, -0.2) is 0 Å². The molecular weight excluding hydrogens is 314 g/mol. The lowest BCUT2D eigenvalue weighted by atomic mass is 10.1.